The predicted octanol–water partition coefficient (Wildman–Crippen LogP) is 3.69. The first-order valence-corrected chi connectivity index (χ1v) is 7.21. The van der Waals surface area contributed by atoms with Gasteiger partial charge in [-0.15, -0.1) is 0 Å². The van der Waals surface area contributed by atoms with Crippen LogP contribution in [0.4, 0.5) is 4.39 Å². The van der Waals surface area contributed by atoms with E-state index in [1.807, 2.05) is 27.5 Å². The number of carbonyl (C=O) groups excluding carboxylic acids is 1. The van der Waals surface area contributed by atoms with Crippen molar-refractivity contribution < 1.29 is 9.18 Å². The number of benzene rings is 1. The van der Waals surface area contributed by atoms with E-state index in [1.165, 1.54) is 6.07 Å². The summed E-state index contributed by atoms with van der Waals surface area (Å²) >= 11 is 1.91. The molecule has 2 nitrogen and oxygen atoms in total. The first kappa shape index (κ1) is 13.8. The topological polar surface area (TPSA) is 20.3 Å². The molecule has 1 aliphatic rings. The first-order valence-electron chi connectivity index (χ1n) is 6.13. The molecule has 1 heterocycles. The second-order valence-electron chi connectivity index (χ2n) is 5.59. The molecular formula is C14H17FINO. The lowest BCUT2D eigenvalue weighted by Crippen LogP contribution is -2.41. The summed E-state index contributed by atoms with van der Waals surface area (Å²) in [5, 5.41) is 0. The van der Waals surface area contributed by atoms with E-state index in [0.29, 0.717) is 14.5 Å². The molecule has 0 unspecified atom stereocenters. The Morgan fingerprint density at radius 3 is 2.50 bits per heavy atom. The minimum absolute atomic E-state index is 0.0171. The van der Waals surface area contributed by atoms with Gasteiger partial charge in [-0.05, 0) is 59.0 Å². The van der Waals surface area contributed by atoms with Gasteiger partial charge in [-0.2, -0.15) is 0 Å². The number of nitrogens with zero attached hydrogens (tertiary/aromatic N) is 1. The smallest absolute Gasteiger partial charge is 0.253 e. The van der Waals surface area contributed by atoms with Crippen LogP contribution >= 0.6 is 22.6 Å². The van der Waals surface area contributed by atoms with Crippen LogP contribution in [0.3, 0.4) is 0 Å². The summed E-state index contributed by atoms with van der Waals surface area (Å²) in [5.74, 6) is -0.254. The van der Waals surface area contributed by atoms with Gasteiger partial charge in [0.1, 0.15) is 5.82 Å². The van der Waals surface area contributed by atoms with E-state index in [4.69, 9.17) is 0 Å². The molecule has 0 atom stereocenters. The second-order valence-corrected chi connectivity index (χ2v) is 6.75. The number of hydrogen-bond donors (Lipinski definition) is 0. The van der Waals surface area contributed by atoms with Crippen LogP contribution in [-0.4, -0.2) is 23.9 Å². The van der Waals surface area contributed by atoms with Gasteiger partial charge >= 0.3 is 0 Å². The molecular weight excluding hydrogens is 344 g/mol. The highest BCUT2D eigenvalue weighted by atomic mass is 127. The minimum Gasteiger partial charge on any atom is -0.339 e. The summed E-state index contributed by atoms with van der Waals surface area (Å²) in [7, 11) is 0. The Labute approximate surface area is 121 Å². The van der Waals surface area contributed by atoms with E-state index in [0.717, 1.165) is 25.9 Å². The Kier molecular flexibility index (Phi) is 3.94. The molecule has 98 valence electrons. The third kappa shape index (κ3) is 3.02. The van der Waals surface area contributed by atoms with Gasteiger partial charge in [-0.1, -0.05) is 13.8 Å². The lowest BCUT2D eigenvalue weighted by atomic mass is 9.82. The molecule has 0 saturated carbocycles. The van der Waals surface area contributed by atoms with Crippen LogP contribution in [0.15, 0.2) is 18.2 Å². The van der Waals surface area contributed by atoms with E-state index in [1.54, 1.807) is 12.1 Å². The van der Waals surface area contributed by atoms with Gasteiger partial charge < -0.3 is 4.90 Å². The summed E-state index contributed by atoms with van der Waals surface area (Å²) in [6, 6.07) is 4.56. The van der Waals surface area contributed by atoms with Crippen molar-refractivity contribution in [2.24, 2.45) is 5.41 Å². The molecule has 2 rings (SSSR count). The van der Waals surface area contributed by atoms with E-state index in [9.17, 15) is 9.18 Å². The van der Waals surface area contributed by atoms with Crippen LogP contribution in [-0.2, 0) is 0 Å². The van der Waals surface area contributed by atoms with Crippen LogP contribution in [0.2, 0.25) is 0 Å². The Morgan fingerprint density at radius 1 is 1.33 bits per heavy atom. The van der Waals surface area contributed by atoms with Gasteiger partial charge in [0.2, 0.25) is 0 Å². The summed E-state index contributed by atoms with van der Waals surface area (Å²) in [6.07, 6.45) is 2.05. The number of halogens is 2. The standard InChI is InChI=1S/C14H17FINO/c1-14(2)5-7-17(8-6-14)13(18)10-3-4-11(15)12(16)9-10/h3-4,9H,5-8H2,1-2H3. The normalized spacial score (nSPS) is 18.8. The fourth-order valence-electron chi connectivity index (χ4n) is 2.13. The van der Waals surface area contributed by atoms with Gasteiger partial charge in [0.15, 0.2) is 0 Å². The molecule has 1 aromatic carbocycles. The number of rotatable bonds is 1. The maximum Gasteiger partial charge on any atom is 0.253 e. The Morgan fingerprint density at radius 2 is 1.94 bits per heavy atom. The highest BCUT2D eigenvalue weighted by Crippen LogP contribution is 2.30. The van der Waals surface area contributed by atoms with Crippen LogP contribution < -0.4 is 0 Å². The summed E-state index contributed by atoms with van der Waals surface area (Å²) in [6.45, 7) is 6.05. The zero-order valence-electron chi connectivity index (χ0n) is 10.7. The largest absolute Gasteiger partial charge is 0.339 e. The highest BCUT2D eigenvalue weighted by Gasteiger charge is 2.28. The molecule has 0 N–H and O–H groups in total. The Bertz CT molecular complexity index is 463. The SMILES string of the molecule is CC1(C)CCN(C(=O)c2ccc(F)c(I)c2)CC1. The van der Waals surface area contributed by atoms with Crippen molar-refractivity contribution >= 4 is 28.5 Å². The van der Waals surface area contributed by atoms with Crippen LogP contribution in [0, 0.1) is 14.8 Å². The summed E-state index contributed by atoms with van der Waals surface area (Å²) < 4.78 is 13.7. The quantitative estimate of drug-likeness (QED) is 0.699. The van der Waals surface area contributed by atoms with E-state index in [-0.39, 0.29) is 11.7 Å². The van der Waals surface area contributed by atoms with Crippen molar-refractivity contribution in [3.05, 3.63) is 33.1 Å². The summed E-state index contributed by atoms with van der Waals surface area (Å²) in [4.78, 5) is 14.1. The van der Waals surface area contributed by atoms with Crippen molar-refractivity contribution in [1.82, 2.24) is 4.90 Å². The molecule has 1 aliphatic heterocycles. The van der Waals surface area contributed by atoms with Crippen molar-refractivity contribution in [1.29, 1.82) is 0 Å². The molecule has 1 fully saturated rings. The number of amides is 1. The van der Waals surface area contributed by atoms with Crippen molar-refractivity contribution in [3.63, 3.8) is 0 Å². The second kappa shape index (κ2) is 5.15. The minimum atomic E-state index is -0.271. The molecule has 18 heavy (non-hydrogen) atoms. The Balaban J connectivity index is 2.10. The lowest BCUT2D eigenvalue weighted by Gasteiger charge is -2.37. The molecule has 0 spiro atoms. The van der Waals surface area contributed by atoms with E-state index >= 15 is 0 Å². The molecule has 0 bridgehead atoms. The van der Waals surface area contributed by atoms with Crippen LogP contribution in [0.5, 0.6) is 0 Å². The molecule has 0 radical (unpaired) electrons. The number of piperidine rings is 1. The molecule has 1 saturated heterocycles. The van der Waals surface area contributed by atoms with Crippen molar-refractivity contribution in [3.8, 4) is 0 Å². The zero-order valence-corrected chi connectivity index (χ0v) is 12.8. The predicted molar refractivity (Wildman–Crippen MR) is 78.0 cm³/mol. The third-order valence-corrected chi connectivity index (χ3v) is 4.40. The molecule has 1 amide bonds. The van der Waals surface area contributed by atoms with Crippen LogP contribution in [0.1, 0.15) is 37.0 Å². The van der Waals surface area contributed by atoms with Gasteiger partial charge in [-0.3, -0.25) is 4.79 Å². The number of likely N-dealkylation sites (tertiary alicyclic amines) is 1. The zero-order chi connectivity index (χ0) is 13.3. The maximum atomic E-state index is 13.2. The number of carbonyl (C=O) groups is 1. The fourth-order valence-corrected chi connectivity index (χ4v) is 2.64. The van der Waals surface area contributed by atoms with Crippen molar-refractivity contribution in [2.75, 3.05) is 13.1 Å². The van der Waals surface area contributed by atoms with Gasteiger partial charge in [0.25, 0.3) is 5.91 Å². The average Bonchev–Trinajstić information content (AvgIpc) is 2.32. The molecule has 0 aromatic heterocycles. The van der Waals surface area contributed by atoms with Gasteiger partial charge in [0, 0.05) is 22.2 Å². The van der Waals surface area contributed by atoms with Crippen LogP contribution in [0.25, 0.3) is 0 Å². The lowest BCUT2D eigenvalue weighted by molar-refractivity contribution is 0.0630. The third-order valence-electron chi connectivity index (χ3n) is 3.57. The fraction of sp³-hybridized carbons (Fsp3) is 0.500. The molecule has 1 aromatic rings. The average molecular weight is 361 g/mol. The Hall–Kier alpha value is -0.650. The number of hydrogen-bond acceptors (Lipinski definition) is 1. The van der Waals surface area contributed by atoms with E-state index < -0.39 is 0 Å². The van der Waals surface area contributed by atoms with E-state index in [2.05, 4.69) is 13.8 Å². The maximum absolute atomic E-state index is 13.2. The molecule has 0 aliphatic carbocycles. The van der Waals surface area contributed by atoms with Gasteiger partial charge in [0.05, 0.1) is 0 Å². The monoisotopic (exact) mass is 361 g/mol. The molecule has 4 heteroatoms. The highest BCUT2D eigenvalue weighted by molar-refractivity contribution is 14.1. The van der Waals surface area contributed by atoms with Crippen molar-refractivity contribution in [2.45, 2.75) is 26.7 Å². The van der Waals surface area contributed by atoms with Gasteiger partial charge in [-0.25, -0.2) is 4.39 Å². The summed E-state index contributed by atoms with van der Waals surface area (Å²) in [5.41, 5.74) is 0.911. The first-order chi connectivity index (χ1) is 8.39.